The number of benzene rings is 2. The van der Waals surface area contributed by atoms with E-state index in [1.165, 1.54) is 17.2 Å². The van der Waals surface area contributed by atoms with E-state index in [-0.39, 0.29) is 0 Å². The average Bonchev–Trinajstić information content (AvgIpc) is 3.16. The van der Waals surface area contributed by atoms with E-state index in [1.54, 1.807) is 48.5 Å². The van der Waals surface area contributed by atoms with Crippen LogP contribution in [-0.4, -0.2) is 21.7 Å². The third kappa shape index (κ3) is 3.54. The molecule has 152 valence electrons. The Labute approximate surface area is 172 Å². The van der Waals surface area contributed by atoms with E-state index in [1.807, 2.05) is 0 Å². The van der Waals surface area contributed by atoms with Crippen molar-refractivity contribution < 1.29 is 18.4 Å². The van der Waals surface area contributed by atoms with Crippen molar-refractivity contribution in [2.75, 3.05) is 0 Å². The van der Waals surface area contributed by atoms with Crippen LogP contribution < -0.4 is 5.73 Å². The van der Waals surface area contributed by atoms with Crippen molar-refractivity contribution in [3.05, 3.63) is 101 Å². The van der Waals surface area contributed by atoms with Crippen molar-refractivity contribution in [2.45, 2.75) is 24.9 Å². The van der Waals surface area contributed by atoms with Crippen LogP contribution in [0.4, 0.5) is 8.78 Å². The van der Waals surface area contributed by atoms with Crippen LogP contribution in [0.1, 0.15) is 45.7 Å². The minimum absolute atomic E-state index is 0.291. The van der Waals surface area contributed by atoms with Crippen molar-refractivity contribution in [1.29, 1.82) is 0 Å². The number of carbonyl (C=O) groups is 2. The second-order valence-electron chi connectivity index (χ2n) is 7.15. The van der Waals surface area contributed by atoms with E-state index in [0.29, 0.717) is 35.2 Å². The predicted octanol–water partition coefficient (Wildman–Crippen LogP) is 3.72. The SMILES string of the molecule is NC(=O)[C@@H](c1ccccn1)N(C(=O)c1ccccc1)[C@@H]1CCc2c(F)cc(F)cc21. The van der Waals surface area contributed by atoms with Gasteiger partial charge in [-0.3, -0.25) is 14.6 Å². The molecule has 4 rings (SSSR count). The summed E-state index contributed by atoms with van der Waals surface area (Å²) in [7, 11) is 0. The van der Waals surface area contributed by atoms with Gasteiger partial charge in [0.1, 0.15) is 11.6 Å². The zero-order chi connectivity index (χ0) is 21.3. The molecule has 0 aliphatic heterocycles. The van der Waals surface area contributed by atoms with Gasteiger partial charge in [-0.2, -0.15) is 0 Å². The largest absolute Gasteiger partial charge is 0.368 e. The molecule has 2 atom stereocenters. The summed E-state index contributed by atoms with van der Waals surface area (Å²) in [5.74, 6) is -2.64. The maximum Gasteiger partial charge on any atom is 0.255 e. The number of carbonyl (C=O) groups excluding carboxylic acids is 2. The first-order chi connectivity index (χ1) is 14.5. The molecule has 2 N–H and O–H groups in total. The van der Waals surface area contributed by atoms with Gasteiger partial charge >= 0.3 is 0 Å². The highest BCUT2D eigenvalue weighted by molar-refractivity contribution is 5.98. The minimum Gasteiger partial charge on any atom is -0.368 e. The number of aromatic nitrogens is 1. The van der Waals surface area contributed by atoms with Crippen molar-refractivity contribution in [2.24, 2.45) is 5.73 Å². The molecule has 1 heterocycles. The maximum absolute atomic E-state index is 14.3. The first kappa shape index (κ1) is 19.7. The van der Waals surface area contributed by atoms with Crippen molar-refractivity contribution >= 4 is 11.8 Å². The van der Waals surface area contributed by atoms with Gasteiger partial charge in [0.05, 0.1) is 11.7 Å². The molecule has 0 spiro atoms. The number of hydrogen-bond donors (Lipinski definition) is 1. The summed E-state index contributed by atoms with van der Waals surface area (Å²) in [6.07, 6.45) is 2.15. The summed E-state index contributed by atoms with van der Waals surface area (Å²) in [5.41, 5.74) is 7.03. The van der Waals surface area contributed by atoms with Gasteiger partial charge < -0.3 is 10.6 Å². The van der Waals surface area contributed by atoms with Gasteiger partial charge in [-0.25, -0.2) is 8.78 Å². The number of pyridine rings is 1. The molecule has 30 heavy (non-hydrogen) atoms. The van der Waals surface area contributed by atoms with E-state index in [4.69, 9.17) is 5.73 Å². The monoisotopic (exact) mass is 407 g/mol. The number of rotatable bonds is 5. The minimum atomic E-state index is -1.19. The molecule has 3 aromatic rings. The third-order valence-corrected chi connectivity index (χ3v) is 5.33. The Morgan fingerprint density at radius 1 is 1.07 bits per heavy atom. The van der Waals surface area contributed by atoms with Crippen LogP contribution in [-0.2, 0) is 11.2 Å². The van der Waals surface area contributed by atoms with E-state index in [9.17, 15) is 18.4 Å². The lowest BCUT2D eigenvalue weighted by molar-refractivity contribution is -0.123. The molecule has 7 heteroatoms. The van der Waals surface area contributed by atoms with Crippen LogP contribution in [0.2, 0.25) is 0 Å². The Bertz CT molecular complexity index is 1090. The van der Waals surface area contributed by atoms with Crippen LogP contribution in [0.25, 0.3) is 0 Å². The molecule has 0 saturated heterocycles. The lowest BCUT2D eigenvalue weighted by Crippen LogP contribution is -2.44. The van der Waals surface area contributed by atoms with E-state index >= 15 is 0 Å². The lowest BCUT2D eigenvalue weighted by atomic mass is 10.00. The third-order valence-electron chi connectivity index (χ3n) is 5.33. The summed E-state index contributed by atoms with van der Waals surface area (Å²) in [4.78, 5) is 31.6. The van der Waals surface area contributed by atoms with Crippen LogP contribution >= 0.6 is 0 Å². The second kappa shape index (κ2) is 8.02. The highest BCUT2D eigenvalue weighted by atomic mass is 19.1. The van der Waals surface area contributed by atoms with Gasteiger partial charge in [0, 0.05) is 17.8 Å². The molecule has 5 nitrogen and oxygen atoms in total. The summed E-state index contributed by atoms with van der Waals surface area (Å²) in [6, 6.07) is 13.5. The van der Waals surface area contributed by atoms with Crippen LogP contribution in [0.5, 0.6) is 0 Å². The molecule has 0 radical (unpaired) electrons. The molecule has 2 aromatic carbocycles. The number of fused-ring (bicyclic) bond motifs is 1. The highest BCUT2D eigenvalue weighted by Crippen LogP contribution is 2.42. The van der Waals surface area contributed by atoms with Gasteiger partial charge in [-0.1, -0.05) is 24.3 Å². The van der Waals surface area contributed by atoms with Gasteiger partial charge in [-0.05, 0) is 54.3 Å². The van der Waals surface area contributed by atoms with E-state index < -0.39 is 35.5 Å². The number of nitrogens with zero attached hydrogens (tertiary/aromatic N) is 2. The Balaban J connectivity index is 1.88. The Kier molecular flexibility index (Phi) is 5.27. The number of nitrogens with two attached hydrogens (primary N) is 1. The lowest BCUT2D eigenvalue weighted by Gasteiger charge is -2.35. The molecule has 1 aliphatic carbocycles. The van der Waals surface area contributed by atoms with Gasteiger partial charge in [0.15, 0.2) is 6.04 Å². The Morgan fingerprint density at radius 2 is 1.80 bits per heavy atom. The maximum atomic E-state index is 14.3. The number of amides is 2. The fourth-order valence-electron chi connectivity index (χ4n) is 4.04. The molecule has 0 unspecified atom stereocenters. The Hall–Kier alpha value is -3.61. The van der Waals surface area contributed by atoms with Crippen LogP contribution in [0.15, 0.2) is 66.9 Å². The predicted molar refractivity (Wildman–Crippen MR) is 106 cm³/mol. The summed E-state index contributed by atoms with van der Waals surface area (Å²) in [5, 5.41) is 0. The van der Waals surface area contributed by atoms with E-state index in [0.717, 1.165) is 6.07 Å². The van der Waals surface area contributed by atoms with Gasteiger partial charge in [0.2, 0.25) is 5.91 Å². The number of primary amides is 1. The molecule has 0 fully saturated rings. The first-order valence-corrected chi connectivity index (χ1v) is 9.53. The summed E-state index contributed by atoms with van der Waals surface area (Å²) >= 11 is 0. The quantitative estimate of drug-likeness (QED) is 0.700. The van der Waals surface area contributed by atoms with Crippen LogP contribution in [0.3, 0.4) is 0 Å². The summed E-state index contributed by atoms with van der Waals surface area (Å²) < 4.78 is 28.4. The fourth-order valence-corrected chi connectivity index (χ4v) is 4.04. The van der Waals surface area contributed by atoms with Gasteiger partial charge in [0.25, 0.3) is 5.91 Å². The molecule has 2 amide bonds. The summed E-state index contributed by atoms with van der Waals surface area (Å²) in [6.45, 7) is 0. The molecule has 1 aromatic heterocycles. The van der Waals surface area contributed by atoms with Gasteiger partial charge in [-0.15, -0.1) is 0 Å². The molecule has 1 aliphatic rings. The fraction of sp³-hybridized carbons (Fsp3) is 0.174. The van der Waals surface area contributed by atoms with Crippen molar-refractivity contribution in [3.63, 3.8) is 0 Å². The zero-order valence-electron chi connectivity index (χ0n) is 16.0. The van der Waals surface area contributed by atoms with Crippen molar-refractivity contribution in [1.82, 2.24) is 9.88 Å². The molecular weight excluding hydrogens is 388 g/mol. The molecule has 0 saturated carbocycles. The smallest absolute Gasteiger partial charge is 0.255 e. The molecule has 0 bridgehead atoms. The van der Waals surface area contributed by atoms with Crippen LogP contribution in [0, 0.1) is 11.6 Å². The molecular formula is C23H19F2N3O2. The zero-order valence-corrected chi connectivity index (χ0v) is 16.0. The average molecular weight is 407 g/mol. The Morgan fingerprint density at radius 3 is 2.47 bits per heavy atom. The first-order valence-electron chi connectivity index (χ1n) is 9.53. The number of hydrogen-bond acceptors (Lipinski definition) is 3. The normalized spacial score (nSPS) is 16.0. The van der Waals surface area contributed by atoms with E-state index in [2.05, 4.69) is 4.98 Å². The number of halogens is 2. The second-order valence-corrected chi connectivity index (χ2v) is 7.15. The standard InChI is InChI=1S/C23H19F2N3O2/c24-15-12-17-16(18(25)13-15)9-10-20(17)28(23(30)14-6-2-1-3-7-14)21(22(26)29)19-8-4-5-11-27-19/h1-8,11-13,20-21H,9-10H2,(H2,26,29)/t20-,21-/m1/s1. The van der Waals surface area contributed by atoms with Crippen molar-refractivity contribution in [3.8, 4) is 0 Å². The highest BCUT2D eigenvalue weighted by Gasteiger charge is 2.40. The topological polar surface area (TPSA) is 76.3 Å².